The van der Waals surface area contributed by atoms with Gasteiger partial charge < -0.3 is 10.2 Å². The highest BCUT2D eigenvalue weighted by molar-refractivity contribution is 5.95. The summed E-state index contributed by atoms with van der Waals surface area (Å²) in [5, 5.41) is 18.4. The fourth-order valence-electron chi connectivity index (χ4n) is 1.69. The lowest BCUT2D eigenvalue weighted by molar-refractivity contribution is -0.117. The van der Waals surface area contributed by atoms with E-state index in [-0.39, 0.29) is 25.5 Å². The molecule has 1 unspecified atom stereocenters. The van der Waals surface area contributed by atoms with Crippen molar-refractivity contribution in [2.45, 2.75) is 19.1 Å². The van der Waals surface area contributed by atoms with Crippen LogP contribution < -0.4 is 4.90 Å². The van der Waals surface area contributed by atoms with Gasteiger partial charge in [0.15, 0.2) is 0 Å². The summed E-state index contributed by atoms with van der Waals surface area (Å²) >= 11 is 0. The quantitative estimate of drug-likeness (QED) is 0.698. The Morgan fingerprint density at radius 2 is 2.40 bits per heavy atom. The van der Waals surface area contributed by atoms with Crippen LogP contribution in [-0.4, -0.2) is 33.8 Å². The summed E-state index contributed by atoms with van der Waals surface area (Å²) in [6.45, 7) is 0.0892. The van der Waals surface area contributed by atoms with Crippen molar-refractivity contribution in [2.24, 2.45) is 0 Å². The maximum absolute atomic E-state index is 11.5. The largest absolute Gasteiger partial charge is 0.392 e. The van der Waals surface area contributed by atoms with Gasteiger partial charge in [0.1, 0.15) is 5.82 Å². The standard InChI is InChI=1S/C10H12N2O3/c13-6-7-2-1-3-11-10(7)12-5-8(14)4-9(12)15/h1-3,8,13-14H,4-6H2. The van der Waals surface area contributed by atoms with E-state index in [0.29, 0.717) is 11.4 Å². The third-order valence-electron chi connectivity index (χ3n) is 2.40. The van der Waals surface area contributed by atoms with Crippen molar-refractivity contribution in [3.63, 3.8) is 0 Å². The van der Waals surface area contributed by atoms with E-state index in [1.807, 2.05) is 0 Å². The maximum Gasteiger partial charge on any atom is 0.230 e. The van der Waals surface area contributed by atoms with Gasteiger partial charge in [0, 0.05) is 11.8 Å². The lowest BCUT2D eigenvalue weighted by atomic mass is 10.2. The summed E-state index contributed by atoms with van der Waals surface area (Å²) in [5.74, 6) is 0.289. The summed E-state index contributed by atoms with van der Waals surface area (Å²) < 4.78 is 0. The minimum absolute atomic E-state index is 0.126. The molecule has 1 fully saturated rings. The molecule has 2 heterocycles. The van der Waals surface area contributed by atoms with Gasteiger partial charge in [0.25, 0.3) is 0 Å². The lowest BCUT2D eigenvalue weighted by Gasteiger charge is -2.17. The van der Waals surface area contributed by atoms with Crippen LogP contribution in [0, 0.1) is 0 Å². The van der Waals surface area contributed by atoms with Crippen molar-refractivity contribution in [2.75, 3.05) is 11.4 Å². The van der Waals surface area contributed by atoms with Crippen LogP contribution in [-0.2, 0) is 11.4 Å². The molecule has 0 spiro atoms. The Labute approximate surface area is 87.0 Å². The van der Waals surface area contributed by atoms with Gasteiger partial charge in [-0.2, -0.15) is 0 Å². The normalized spacial score (nSPS) is 21.1. The number of aromatic nitrogens is 1. The van der Waals surface area contributed by atoms with Crippen LogP contribution in [0.5, 0.6) is 0 Å². The summed E-state index contributed by atoms with van der Waals surface area (Å²) in [6.07, 6.45) is 1.06. The summed E-state index contributed by atoms with van der Waals surface area (Å²) in [5.41, 5.74) is 0.597. The fraction of sp³-hybridized carbons (Fsp3) is 0.400. The van der Waals surface area contributed by atoms with Crippen molar-refractivity contribution in [3.05, 3.63) is 23.9 Å². The number of carbonyl (C=O) groups is 1. The molecule has 1 saturated heterocycles. The van der Waals surface area contributed by atoms with E-state index in [0.717, 1.165) is 0 Å². The molecule has 1 atom stereocenters. The van der Waals surface area contributed by atoms with Gasteiger partial charge in [-0.15, -0.1) is 0 Å². The second kappa shape index (κ2) is 3.96. The summed E-state index contributed by atoms with van der Waals surface area (Å²) in [4.78, 5) is 17.0. The second-order valence-electron chi connectivity index (χ2n) is 3.51. The average molecular weight is 208 g/mol. The van der Waals surface area contributed by atoms with E-state index in [1.54, 1.807) is 18.3 Å². The Balaban J connectivity index is 2.33. The molecule has 5 heteroatoms. The third-order valence-corrected chi connectivity index (χ3v) is 2.40. The molecule has 0 saturated carbocycles. The van der Waals surface area contributed by atoms with Crippen molar-refractivity contribution in [3.8, 4) is 0 Å². The van der Waals surface area contributed by atoms with Crippen LogP contribution in [0.25, 0.3) is 0 Å². The molecule has 0 bridgehead atoms. The number of amides is 1. The highest BCUT2D eigenvalue weighted by atomic mass is 16.3. The van der Waals surface area contributed by atoms with Gasteiger partial charge in [-0.25, -0.2) is 4.98 Å². The number of carbonyl (C=O) groups excluding carboxylic acids is 1. The van der Waals surface area contributed by atoms with Crippen LogP contribution in [0.3, 0.4) is 0 Å². The minimum atomic E-state index is -0.633. The zero-order valence-electron chi connectivity index (χ0n) is 8.13. The summed E-state index contributed by atoms with van der Waals surface area (Å²) in [7, 11) is 0. The van der Waals surface area contributed by atoms with Gasteiger partial charge in [0.05, 0.1) is 25.7 Å². The number of hydrogen-bond donors (Lipinski definition) is 2. The number of β-amino-alcohol motifs (C(OH)–C–C–N with tert-alkyl or cyclic N) is 1. The first-order valence-corrected chi connectivity index (χ1v) is 4.75. The van der Waals surface area contributed by atoms with E-state index >= 15 is 0 Å². The molecule has 2 N–H and O–H groups in total. The molecule has 15 heavy (non-hydrogen) atoms. The van der Waals surface area contributed by atoms with E-state index < -0.39 is 6.10 Å². The fourth-order valence-corrected chi connectivity index (χ4v) is 1.69. The number of pyridine rings is 1. The Morgan fingerprint density at radius 1 is 1.60 bits per heavy atom. The Kier molecular flexibility index (Phi) is 2.66. The average Bonchev–Trinajstić information content (AvgIpc) is 2.57. The zero-order chi connectivity index (χ0) is 10.8. The molecule has 1 aliphatic heterocycles. The van der Waals surface area contributed by atoms with Crippen LogP contribution in [0.15, 0.2) is 18.3 Å². The molecule has 1 aliphatic rings. The first kappa shape index (κ1) is 10.1. The maximum atomic E-state index is 11.5. The monoisotopic (exact) mass is 208 g/mol. The van der Waals surface area contributed by atoms with E-state index in [1.165, 1.54) is 4.90 Å². The number of anilines is 1. The molecule has 80 valence electrons. The van der Waals surface area contributed by atoms with Gasteiger partial charge >= 0.3 is 0 Å². The van der Waals surface area contributed by atoms with Crippen LogP contribution in [0.4, 0.5) is 5.82 Å². The molecule has 5 nitrogen and oxygen atoms in total. The predicted octanol–water partition coefficient (Wildman–Crippen LogP) is -0.328. The Morgan fingerprint density at radius 3 is 3.00 bits per heavy atom. The molecule has 0 radical (unpaired) electrons. The number of aliphatic hydroxyl groups is 2. The Bertz CT molecular complexity index is 381. The molecule has 0 aromatic carbocycles. The molecule has 0 aliphatic carbocycles. The van der Waals surface area contributed by atoms with Crippen molar-refractivity contribution < 1.29 is 15.0 Å². The first-order chi connectivity index (χ1) is 7.22. The highest BCUT2D eigenvalue weighted by Gasteiger charge is 2.30. The van der Waals surface area contributed by atoms with E-state index in [9.17, 15) is 9.90 Å². The minimum Gasteiger partial charge on any atom is -0.392 e. The highest BCUT2D eigenvalue weighted by Crippen LogP contribution is 2.22. The van der Waals surface area contributed by atoms with E-state index in [4.69, 9.17) is 5.11 Å². The number of rotatable bonds is 2. The van der Waals surface area contributed by atoms with Crippen molar-refractivity contribution >= 4 is 11.7 Å². The Hall–Kier alpha value is -1.46. The lowest BCUT2D eigenvalue weighted by Crippen LogP contribution is -2.27. The molecule has 1 aromatic rings. The zero-order valence-corrected chi connectivity index (χ0v) is 8.13. The van der Waals surface area contributed by atoms with E-state index in [2.05, 4.69) is 4.98 Å². The molecular formula is C10H12N2O3. The first-order valence-electron chi connectivity index (χ1n) is 4.75. The molecular weight excluding hydrogens is 196 g/mol. The van der Waals surface area contributed by atoms with Gasteiger partial charge in [-0.1, -0.05) is 6.07 Å². The van der Waals surface area contributed by atoms with Crippen molar-refractivity contribution in [1.82, 2.24) is 4.98 Å². The predicted molar refractivity (Wildman–Crippen MR) is 53.1 cm³/mol. The van der Waals surface area contributed by atoms with Gasteiger partial charge in [-0.3, -0.25) is 9.69 Å². The number of hydrogen-bond acceptors (Lipinski definition) is 4. The molecule has 2 rings (SSSR count). The second-order valence-corrected chi connectivity index (χ2v) is 3.51. The van der Waals surface area contributed by atoms with Gasteiger partial charge in [-0.05, 0) is 6.07 Å². The number of nitrogens with zero attached hydrogens (tertiary/aromatic N) is 2. The van der Waals surface area contributed by atoms with Gasteiger partial charge in [0.2, 0.25) is 5.91 Å². The van der Waals surface area contributed by atoms with Crippen LogP contribution in [0.1, 0.15) is 12.0 Å². The SMILES string of the molecule is O=C1CC(O)CN1c1ncccc1CO. The van der Waals surface area contributed by atoms with Crippen LogP contribution >= 0.6 is 0 Å². The molecule has 1 amide bonds. The topological polar surface area (TPSA) is 73.7 Å². The molecule has 1 aromatic heterocycles. The van der Waals surface area contributed by atoms with Crippen LogP contribution in [0.2, 0.25) is 0 Å². The number of aliphatic hydroxyl groups excluding tert-OH is 2. The smallest absolute Gasteiger partial charge is 0.230 e. The van der Waals surface area contributed by atoms with Crippen molar-refractivity contribution in [1.29, 1.82) is 0 Å². The third kappa shape index (κ3) is 1.84. The summed E-state index contributed by atoms with van der Waals surface area (Å²) in [6, 6.07) is 3.41.